The number of hydrogen-bond donors (Lipinski definition) is 1. The van der Waals surface area contributed by atoms with Gasteiger partial charge in [-0.05, 0) is 0 Å². The van der Waals surface area contributed by atoms with Gasteiger partial charge in [-0.2, -0.15) is 21.0 Å². The zero-order valence-electron chi connectivity index (χ0n) is 7.43. The minimum absolute atomic E-state index is 0.0874. The van der Waals surface area contributed by atoms with E-state index in [4.69, 9.17) is 21.0 Å². The van der Waals surface area contributed by atoms with Gasteiger partial charge in [-0.1, -0.05) is 0 Å². The van der Waals surface area contributed by atoms with Crippen LogP contribution in [0, 0.1) is 45.3 Å². The van der Waals surface area contributed by atoms with Crippen LogP contribution in [0.1, 0.15) is 0 Å². The zero-order valence-corrected chi connectivity index (χ0v) is 7.43. The molecule has 0 spiro atoms. The largest absolute Gasteiger partial charge is 0.277 e. The van der Waals surface area contributed by atoms with Gasteiger partial charge in [0.05, 0.1) is 44.0 Å². The van der Waals surface area contributed by atoms with Gasteiger partial charge >= 0.3 is 0 Å². The third-order valence-corrected chi connectivity index (χ3v) is 1.37. The Hall–Kier alpha value is -2.12. The molecule has 0 unspecified atom stereocenters. The molecule has 0 fully saturated rings. The summed E-state index contributed by atoms with van der Waals surface area (Å²) >= 11 is 0. The predicted molar refractivity (Wildman–Crippen MR) is 45.8 cm³/mol. The molecule has 0 aromatic rings. The van der Waals surface area contributed by atoms with E-state index in [1.165, 1.54) is 4.90 Å². The summed E-state index contributed by atoms with van der Waals surface area (Å²) in [6.07, 6.45) is 0. The SMILES string of the molecule is N#CCN(CC#N)CNC(C#N)C#N. The fourth-order valence-corrected chi connectivity index (χ4v) is 0.708. The molecule has 0 atom stereocenters. The lowest BCUT2D eigenvalue weighted by Crippen LogP contribution is -2.39. The van der Waals surface area contributed by atoms with Gasteiger partial charge in [-0.25, -0.2) is 0 Å². The van der Waals surface area contributed by atoms with Crippen molar-refractivity contribution in [2.75, 3.05) is 19.8 Å². The minimum Gasteiger partial charge on any atom is -0.277 e. The van der Waals surface area contributed by atoms with Crippen LogP contribution in [0.15, 0.2) is 0 Å². The van der Waals surface area contributed by atoms with Gasteiger partial charge in [0.15, 0.2) is 6.04 Å². The molecule has 0 saturated carbocycles. The van der Waals surface area contributed by atoms with Crippen LogP contribution < -0.4 is 5.32 Å². The molecule has 0 aliphatic rings. The second-order valence-corrected chi connectivity index (χ2v) is 2.36. The van der Waals surface area contributed by atoms with Gasteiger partial charge < -0.3 is 0 Å². The van der Waals surface area contributed by atoms with Gasteiger partial charge in [0.25, 0.3) is 0 Å². The average molecular weight is 188 g/mol. The molecule has 0 aliphatic carbocycles. The van der Waals surface area contributed by atoms with E-state index < -0.39 is 6.04 Å². The standard InChI is InChI=1S/C8H8N6/c9-1-3-14(4-2-10)7-13-8(5-11)6-12/h8,13H,3-4,7H2. The summed E-state index contributed by atoms with van der Waals surface area (Å²) in [5.41, 5.74) is 0. The first kappa shape index (κ1) is 11.9. The van der Waals surface area contributed by atoms with Crippen molar-refractivity contribution in [1.29, 1.82) is 21.0 Å². The summed E-state index contributed by atoms with van der Waals surface area (Å²) in [5, 5.41) is 36.2. The number of hydrogen-bond acceptors (Lipinski definition) is 6. The van der Waals surface area contributed by atoms with Crippen LogP contribution >= 0.6 is 0 Å². The van der Waals surface area contributed by atoms with Crippen molar-refractivity contribution in [3.05, 3.63) is 0 Å². The van der Waals surface area contributed by atoms with Gasteiger partial charge in [0.1, 0.15) is 0 Å². The second kappa shape index (κ2) is 7.53. The Bertz CT molecular complexity index is 292. The fourth-order valence-electron chi connectivity index (χ4n) is 0.708. The lowest BCUT2D eigenvalue weighted by atomic mass is 10.4. The van der Waals surface area contributed by atoms with E-state index >= 15 is 0 Å². The minimum atomic E-state index is -0.908. The van der Waals surface area contributed by atoms with Crippen molar-refractivity contribution in [2.24, 2.45) is 0 Å². The Labute approximate surface area is 82.2 Å². The quantitative estimate of drug-likeness (QED) is 0.451. The smallest absolute Gasteiger partial charge is 0.184 e. The van der Waals surface area contributed by atoms with E-state index in [1.807, 2.05) is 12.1 Å². The molecule has 0 rings (SSSR count). The molecule has 0 bridgehead atoms. The molecule has 0 aliphatic heterocycles. The Kier molecular flexibility index (Phi) is 6.39. The molecule has 6 nitrogen and oxygen atoms in total. The highest BCUT2D eigenvalue weighted by atomic mass is 15.2. The zero-order chi connectivity index (χ0) is 10.8. The summed E-state index contributed by atoms with van der Waals surface area (Å²) in [6, 6.07) is 6.31. The van der Waals surface area contributed by atoms with Crippen LogP contribution in [0.25, 0.3) is 0 Å². The van der Waals surface area contributed by atoms with Crippen molar-refractivity contribution in [3.8, 4) is 24.3 Å². The first-order chi connectivity index (χ1) is 6.78. The molecule has 0 aromatic heterocycles. The predicted octanol–water partition coefficient (Wildman–Crippen LogP) is -0.702. The molecule has 14 heavy (non-hydrogen) atoms. The number of nitriles is 4. The third-order valence-electron chi connectivity index (χ3n) is 1.37. The van der Waals surface area contributed by atoms with Gasteiger partial charge in [0.2, 0.25) is 0 Å². The maximum Gasteiger partial charge on any atom is 0.184 e. The molecule has 1 N–H and O–H groups in total. The fraction of sp³-hybridized carbons (Fsp3) is 0.500. The summed E-state index contributed by atoms with van der Waals surface area (Å²) in [7, 11) is 0. The van der Waals surface area contributed by atoms with E-state index in [2.05, 4.69) is 5.32 Å². The summed E-state index contributed by atoms with van der Waals surface area (Å²) in [5.74, 6) is 0. The average Bonchev–Trinajstić information content (AvgIpc) is 2.20. The van der Waals surface area contributed by atoms with E-state index in [-0.39, 0.29) is 19.8 Å². The molecule has 0 amide bonds. The number of nitrogens with one attached hydrogen (secondary N) is 1. The Morgan fingerprint density at radius 1 is 1.00 bits per heavy atom. The van der Waals surface area contributed by atoms with E-state index in [0.717, 1.165) is 0 Å². The van der Waals surface area contributed by atoms with Crippen LogP contribution in [-0.2, 0) is 0 Å². The number of rotatable bonds is 5. The first-order valence-corrected chi connectivity index (χ1v) is 3.77. The maximum absolute atomic E-state index is 8.42. The summed E-state index contributed by atoms with van der Waals surface area (Å²) in [4.78, 5) is 1.49. The van der Waals surface area contributed by atoms with E-state index in [1.54, 1.807) is 12.1 Å². The van der Waals surface area contributed by atoms with Crippen LogP contribution in [0.4, 0.5) is 0 Å². The van der Waals surface area contributed by atoms with Crippen molar-refractivity contribution in [3.63, 3.8) is 0 Å². The first-order valence-electron chi connectivity index (χ1n) is 3.77. The van der Waals surface area contributed by atoms with E-state index in [0.29, 0.717) is 0 Å². The summed E-state index contributed by atoms with van der Waals surface area (Å²) < 4.78 is 0. The lowest BCUT2D eigenvalue weighted by molar-refractivity contribution is 0.312. The maximum atomic E-state index is 8.42. The number of nitrogens with zero attached hydrogens (tertiary/aromatic N) is 5. The second-order valence-electron chi connectivity index (χ2n) is 2.36. The van der Waals surface area contributed by atoms with Crippen molar-refractivity contribution < 1.29 is 0 Å². The van der Waals surface area contributed by atoms with Crippen LogP contribution in [0.3, 0.4) is 0 Å². The molecule has 0 saturated heterocycles. The molecule has 0 radical (unpaired) electrons. The molecule has 6 heteroatoms. The van der Waals surface area contributed by atoms with Gasteiger partial charge in [-0.3, -0.25) is 10.2 Å². The highest BCUT2D eigenvalue weighted by molar-refractivity contribution is 5.05. The third kappa shape index (κ3) is 4.70. The highest BCUT2D eigenvalue weighted by Gasteiger charge is 2.07. The summed E-state index contributed by atoms with van der Waals surface area (Å²) in [6.45, 7) is 0.348. The Morgan fingerprint density at radius 3 is 1.86 bits per heavy atom. The van der Waals surface area contributed by atoms with Crippen molar-refractivity contribution in [1.82, 2.24) is 10.2 Å². The highest BCUT2D eigenvalue weighted by Crippen LogP contribution is 1.85. The van der Waals surface area contributed by atoms with Crippen LogP contribution in [0.2, 0.25) is 0 Å². The topological polar surface area (TPSA) is 110 Å². The molecule has 0 heterocycles. The molecule has 70 valence electrons. The Morgan fingerprint density at radius 2 is 1.50 bits per heavy atom. The Balaban J connectivity index is 3.97. The van der Waals surface area contributed by atoms with Gasteiger partial charge in [-0.15, -0.1) is 0 Å². The molecular formula is C8H8N6. The van der Waals surface area contributed by atoms with Crippen LogP contribution in [0.5, 0.6) is 0 Å². The molecule has 0 aromatic carbocycles. The van der Waals surface area contributed by atoms with Crippen LogP contribution in [-0.4, -0.2) is 30.7 Å². The van der Waals surface area contributed by atoms with E-state index in [9.17, 15) is 0 Å². The van der Waals surface area contributed by atoms with Crippen molar-refractivity contribution >= 4 is 0 Å². The normalized spacial score (nSPS) is 8.71. The monoisotopic (exact) mass is 188 g/mol. The van der Waals surface area contributed by atoms with Crippen molar-refractivity contribution in [2.45, 2.75) is 6.04 Å². The lowest BCUT2D eigenvalue weighted by Gasteiger charge is -2.15. The molecular weight excluding hydrogens is 180 g/mol. The van der Waals surface area contributed by atoms with Gasteiger partial charge in [0, 0.05) is 0 Å².